The third-order valence-corrected chi connectivity index (χ3v) is 3.88. The summed E-state index contributed by atoms with van der Waals surface area (Å²) < 4.78 is 5.23. The summed E-state index contributed by atoms with van der Waals surface area (Å²) in [6.45, 7) is 2.13. The van der Waals surface area contributed by atoms with Crippen molar-refractivity contribution in [1.82, 2.24) is 15.0 Å². The first-order valence-corrected chi connectivity index (χ1v) is 8.14. The predicted octanol–water partition coefficient (Wildman–Crippen LogP) is 2.94. The lowest BCUT2D eigenvalue weighted by Crippen LogP contribution is -2.19. The van der Waals surface area contributed by atoms with Crippen molar-refractivity contribution in [1.29, 1.82) is 0 Å². The number of anilines is 1. The topological polar surface area (TPSA) is 93.9 Å². The average Bonchev–Trinajstić information content (AvgIpc) is 3.11. The van der Waals surface area contributed by atoms with Crippen LogP contribution in [0.15, 0.2) is 54.9 Å². The van der Waals surface area contributed by atoms with Crippen LogP contribution >= 0.6 is 0 Å². The maximum atomic E-state index is 12.4. The maximum Gasteiger partial charge on any atom is 0.316 e. The fraction of sp³-hybridized carbons (Fsp3) is 0.211. The number of H-pyrrole nitrogens is 1. The Hall–Kier alpha value is -3.15. The van der Waals surface area contributed by atoms with Crippen molar-refractivity contribution in [2.45, 2.75) is 19.3 Å². The monoisotopic (exact) mass is 336 g/mol. The van der Waals surface area contributed by atoms with Crippen LogP contribution in [-0.4, -0.2) is 27.5 Å². The van der Waals surface area contributed by atoms with Gasteiger partial charge in [-0.25, -0.2) is 9.97 Å². The van der Waals surface area contributed by atoms with E-state index in [4.69, 9.17) is 10.5 Å². The number of nitrogens with zero attached hydrogens (tertiary/aromatic N) is 2. The zero-order chi connectivity index (χ0) is 17.6. The lowest BCUT2D eigenvalue weighted by molar-refractivity contribution is -0.145. The molecule has 1 atom stereocenters. The molecule has 0 aliphatic heterocycles. The van der Waals surface area contributed by atoms with Gasteiger partial charge in [-0.05, 0) is 31.0 Å². The molecule has 1 aromatic carbocycles. The Labute approximate surface area is 146 Å². The summed E-state index contributed by atoms with van der Waals surface area (Å²) in [7, 11) is 0. The van der Waals surface area contributed by atoms with Crippen molar-refractivity contribution in [3.63, 3.8) is 0 Å². The highest BCUT2D eigenvalue weighted by atomic mass is 16.5. The van der Waals surface area contributed by atoms with Crippen molar-refractivity contribution in [3.05, 3.63) is 66.2 Å². The summed E-state index contributed by atoms with van der Waals surface area (Å²) in [6.07, 6.45) is 3.88. The van der Waals surface area contributed by atoms with Gasteiger partial charge in [0.1, 0.15) is 17.6 Å². The summed E-state index contributed by atoms with van der Waals surface area (Å²) in [5, 5.41) is 0. The average molecular weight is 336 g/mol. The molecular weight excluding hydrogens is 316 g/mol. The zero-order valence-corrected chi connectivity index (χ0v) is 14.0. The number of carbonyl (C=O) groups excluding carboxylic acids is 1. The van der Waals surface area contributed by atoms with E-state index in [0.717, 1.165) is 16.8 Å². The molecule has 0 spiro atoms. The summed E-state index contributed by atoms with van der Waals surface area (Å²) >= 11 is 0. The van der Waals surface area contributed by atoms with Crippen molar-refractivity contribution in [2.24, 2.45) is 0 Å². The molecule has 2 heterocycles. The molecule has 25 heavy (non-hydrogen) atoms. The maximum absolute atomic E-state index is 12.4. The number of nitrogens with one attached hydrogen (secondary N) is 1. The molecule has 0 saturated heterocycles. The summed E-state index contributed by atoms with van der Waals surface area (Å²) in [6, 6.07) is 13.4. The summed E-state index contributed by atoms with van der Waals surface area (Å²) in [5.74, 6) is 0.256. The highest BCUT2D eigenvalue weighted by Crippen LogP contribution is 2.24. The van der Waals surface area contributed by atoms with Crippen LogP contribution in [0, 0.1) is 0 Å². The van der Waals surface area contributed by atoms with E-state index < -0.39 is 5.92 Å². The van der Waals surface area contributed by atoms with Gasteiger partial charge in [-0.3, -0.25) is 4.79 Å². The smallest absolute Gasteiger partial charge is 0.316 e. The third kappa shape index (κ3) is 4.03. The van der Waals surface area contributed by atoms with Crippen molar-refractivity contribution in [3.8, 4) is 11.3 Å². The number of ether oxygens (including phenoxy) is 1. The molecule has 2 aromatic heterocycles. The van der Waals surface area contributed by atoms with E-state index >= 15 is 0 Å². The molecule has 0 aliphatic carbocycles. The fourth-order valence-electron chi connectivity index (χ4n) is 2.61. The van der Waals surface area contributed by atoms with E-state index in [1.165, 1.54) is 0 Å². The molecule has 0 radical (unpaired) electrons. The summed E-state index contributed by atoms with van der Waals surface area (Å²) in [4.78, 5) is 24.1. The van der Waals surface area contributed by atoms with Crippen molar-refractivity contribution in [2.75, 3.05) is 12.3 Å². The standard InChI is InChI=1S/C19H20N4O2/c1-2-25-19(24)15(10-13-6-4-3-5-7-13)18-22-12-16(23-18)14-8-9-17(20)21-11-14/h3-9,11-12,15H,2,10H2,1H3,(H2,20,21)(H,22,23). The van der Waals surface area contributed by atoms with Gasteiger partial charge in [-0.15, -0.1) is 0 Å². The second-order valence-electron chi connectivity index (χ2n) is 5.65. The fourth-order valence-corrected chi connectivity index (χ4v) is 2.61. The molecule has 0 aliphatic rings. The molecule has 3 rings (SSSR count). The number of nitrogens with two attached hydrogens (primary N) is 1. The molecule has 3 N–H and O–H groups in total. The number of nitrogen functional groups attached to an aromatic ring is 1. The SMILES string of the molecule is CCOC(=O)C(Cc1ccccc1)c1ncc(-c2ccc(N)nc2)[nH]1. The van der Waals surface area contributed by atoms with Gasteiger partial charge in [0.2, 0.25) is 0 Å². The number of esters is 1. The van der Waals surface area contributed by atoms with Gasteiger partial charge in [0.25, 0.3) is 0 Å². The van der Waals surface area contributed by atoms with Crippen LogP contribution < -0.4 is 5.73 Å². The second kappa shape index (κ2) is 7.61. The normalized spacial score (nSPS) is 11.9. The minimum atomic E-state index is -0.488. The Morgan fingerprint density at radius 3 is 2.64 bits per heavy atom. The molecule has 6 nitrogen and oxygen atoms in total. The lowest BCUT2D eigenvalue weighted by Gasteiger charge is -2.13. The van der Waals surface area contributed by atoms with Gasteiger partial charge >= 0.3 is 5.97 Å². The van der Waals surface area contributed by atoms with Gasteiger partial charge in [-0.2, -0.15) is 0 Å². The molecular formula is C19H20N4O2. The number of hydrogen-bond acceptors (Lipinski definition) is 5. The van der Waals surface area contributed by atoms with Gasteiger partial charge in [0, 0.05) is 11.8 Å². The second-order valence-corrected chi connectivity index (χ2v) is 5.65. The lowest BCUT2D eigenvalue weighted by atomic mass is 9.99. The molecule has 128 valence electrons. The zero-order valence-electron chi connectivity index (χ0n) is 14.0. The number of imidazole rings is 1. The van der Waals surface area contributed by atoms with E-state index in [2.05, 4.69) is 15.0 Å². The van der Waals surface area contributed by atoms with E-state index in [-0.39, 0.29) is 5.97 Å². The van der Waals surface area contributed by atoms with Gasteiger partial charge in [-0.1, -0.05) is 30.3 Å². The predicted molar refractivity (Wildman–Crippen MR) is 95.8 cm³/mol. The van der Waals surface area contributed by atoms with Gasteiger partial charge in [0.15, 0.2) is 0 Å². The van der Waals surface area contributed by atoms with Crippen LogP contribution in [0.1, 0.15) is 24.2 Å². The first-order chi connectivity index (χ1) is 12.2. The van der Waals surface area contributed by atoms with Crippen molar-refractivity contribution >= 4 is 11.8 Å². The number of carbonyl (C=O) groups is 1. The van der Waals surface area contributed by atoms with Crippen LogP contribution in [0.5, 0.6) is 0 Å². The number of hydrogen-bond donors (Lipinski definition) is 2. The first-order valence-electron chi connectivity index (χ1n) is 8.14. The number of rotatable bonds is 6. The molecule has 0 saturated carbocycles. The molecule has 6 heteroatoms. The highest BCUT2D eigenvalue weighted by molar-refractivity contribution is 5.78. The Morgan fingerprint density at radius 2 is 1.96 bits per heavy atom. The van der Waals surface area contributed by atoms with E-state index in [1.807, 2.05) is 36.4 Å². The minimum absolute atomic E-state index is 0.289. The van der Waals surface area contributed by atoms with Crippen LogP contribution in [0.25, 0.3) is 11.3 Å². The largest absolute Gasteiger partial charge is 0.465 e. The van der Waals surface area contributed by atoms with Crippen LogP contribution in [0.3, 0.4) is 0 Å². The molecule has 0 amide bonds. The van der Waals surface area contributed by atoms with Gasteiger partial charge < -0.3 is 15.5 Å². The van der Waals surface area contributed by atoms with Crippen LogP contribution in [0.2, 0.25) is 0 Å². The number of benzene rings is 1. The molecule has 3 aromatic rings. The van der Waals surface area contributed by atoms with Crippen LogP contribution in [-0.2, 0) is 16.0 Å². The molecule has 1 unspecified atom stereocenters. The highest BCUT2D eigenvalue weighted by Gasteiger charge is 2.25. The van der Waals surface area contributed by atoms with Crippen molar-refractivity contribution < 1.29 is 9.53 Å². The molecule has 0 fully saturated rings. The first kappa shape index (κ1) is 16.7. The summed E-state index contributed by atoms with van der Waals surface area (Å²) in [5.41, 5.74) is 8.31. The van der Waals surface area contributed by atoms with Gasteiger partial charge in [0.05, 0.1) is 18.5 Å². The third-order valence-electron chi connectivity index (χ3n) is 3.88. The number of pyridine rings is 1. The number of aromatic amines is 1. The quantitative estimate of drug-likeness (QED) is 0.675. The Bertz CT molecular complexity index is 828. The minimum Gasteiger partial charge on any atom is -0.465 e. The number of aromatic nitrogens is 3. The van der Waals surface area contributed by atoms with E-state index in [9.17, 15) is 4.79 Å². The Kier molecular flexibility index (Phi) is 5.09. The van der Waals surface area contributed by atoms with E-state index in [0.29, 0.717) is 24.7 Å². The Morgan fingerprint density at radius 1 is 1.16 bits per heavy atom. The van der Waals surface area contributed by atoms with Crippen LogP contribution in [0.4, 0.5) is 5.82 Å². The van der Waals surface area contributed by atoms with E-state index in [1.54, 1.807) is 25.4 Å². The Balaban J connectivity index is 1.88. The molecule has 0 bridgehead atoms.